The molecule has 0 spiro atoms. The second-order valence-corrected chi connectivity index (χ2v) is 13.7. The third-order valence-corrected chi connectivity index (χ3v) is 9.28. The normalized spacial score (nSPS) is 22.9. The number of hydrogen-bond donors (Lipinski definition) is 6. The average molecular weight is 684 g/mol. The minimum absolute atomic E-state index is 0.192. The van der Waals surface area contributed by atoms with Crippen LogP contribution in [0.25, 0.3) is 0 Å². The predicted molar refractivity (Wildman–Crippen MR) is 193 cm³/mol. The van der Waals surface area contributed by atoms with Crippen LogP contribution < -0.4 is 5.32 Å². The van der Waals surface area contributed by atoms with Gasteiger partial charge in [0.15, 0.2) is 6.29 Å². The van der Waals surface area contributed by atoms with Crippen LogP contribution in [0.15, 0.2) is 24.3 Å². The number of nitrogens with one attached hydrogen (secondary N) is 1. The minimum Gasteiger partial charge on any atom is -0.394 e. The molecule has 1 fully saturated rings. The van der Waals surface area contributed by atoms with Gasteiger partial charge in [0.05, 0.1) is 25.4 Å². The van der Waals surface area contributed by atoms with Crippen LogP contribution in [0.1, 0.15) is 162 Å². The Hall–Kier alpha value is -1.33. The Morgan fingerprint density at radius 1 is 0.688 bits per heavy atom. The molecule has 282 valence electrons. The number of hydrogen-bond acceptors (Lipinski definition) is 8. The van der Waals surface area contributed by atoms with Crippen LogP contribution in [-0.4, -0.2) is 87.5 Å². The molecule has 0 aliphatic carbocycles. The van der Waals surface area contributed by atoms with Crippen molar-refractivity contribution in [2.45, 2.75) is 204 Å². The van der Waals surface area contributed by atoms with Gasteiger partial charge in [-0.25, -0.2) is 0 Å². The molecule has 1 aliphatic rings. The first kappa shape index (κ1) is 44.7. The fourth-order valence-corrected chi connectivity index (χ4v) is 6.05. The lowest BCUT2D eigenvalue weighted by Gasteiger charge is -2.40. The van der Waals surface area contributed by atoms with E-state index in [2.05, 4.69) is 31.3 Å². The summed E-state index contributed by atoms with van der Waals surface area (Å²) in [5.74, 6) is -0.192. The number of ether oxygens (including phenoxy) is 2. The molecule has 0 bridgehead atoms. The van der Waals surface area contributed by atoms with E-state index < -0.39 is 49.5 Å². The lowest BCUT2D eigenvalue weighted by atomic mass is 9.99. The van der Waals surface area contributed by atoms with Gasteiger partial charge in [0.2, 0.25) is 5.91 Å². The smallest absolute Gasteiger partial charge is 0.220 e. The van der Waals surface area contributed by atoms with Gasteiger partial charge >= 0.3 is 0 Å². The van der Waals surface area contributed by atoms with Crippen molar-refractivity contribution in [2.75, 3.05) is 13.2 Å². The van der Waals surface area contributed by atoms with Gasteiger partial charge in [0, 0.05) is 6.42 Å². The van der Waals surface area contributed by atoms with Crippen LogP contribution in [0.4, 0.5) is 0 Å². The standard InChI is InChI=1S/C39H73NO8/c1-3-5-7-9-11-13-14-15-16-17-18-19-21-22-24-26-28-33(42)32(31-47-39-38(46)37(45)36(44)34(30-41)48-39)40-35(43)29-27-25-23-20-12-10-8-6-4-2/h19,21,26,28,32-34,36-39,41-42,44-46H,3-18,20,22-25,27,29-31H2,1-2H3,(H,40,43)/b21-19+,28-26+/t32-,33+,34+,36+,37?,38?,39+/m0/s1. The maximum absolute atomic E-state index is 12.8. The SMILES string of the molecule is CCCCCCCCCCCC/C=C/CC/C=C/[C@@H](O)[C@H](CO[C@@H]1O[C@H](CO)[C@@H](O)C(O)C1O)NC(=O)CCCCCCCCCCC. The topological polar surface area (TPSA) is 149 Å². The molecule has 0 aromatic carbocycles. The highest BCUT2D eigenvalue weighted by atomic mass is 16.7. The van der Waals surface area contributed by atoms with Gasteiger partial charge in [-0.3, -0.25) is 4.79 Å². The van der Waals surface area contributed by atoms with E-state index in [4.69, 9.17) is 9.47 Å². The van der Waals surface area contributed by atoms with E-state index in [9.17, 15) is 30.3 Å². The number of carbonyl (C=O) groups is 1. The van der Waals surface area contributed by atoms with Crippen molar-refractivity contribution in [3.8, 4) is 0 Å². The number of allylic oxidation sites excluding steroid dienone is 3. The Morgan fingerprint density at radius 2 is 1.19 bits per heavy atom. The van der Waals surface area contributed by atoms with E-state index in [1.807, 2.05) is 6.08 Å². The summed E-state index contributed by atoms with van der Waals surface area (Å²) in [6.45, 7) is 3.70. The van der Waals surface area contributed by atoms with Gasteiger partial charge in [-0.05, 0) is 32.1 Å². The lowest BCUT2D eigenvalue weighted by molar-refractivity contribution is -0.302. The summed E-state index contributed by atoms with van der Waals surface area (Å²) in [6.07, 6.45) is 26.6. The Kier molecular flexibility index (Phi) is 28.4. The average Bonchev–Trinajstić information content (AvgIpc) is 3.08. The first-order chi connectivity index (χ1) is 23.3. The van der Waals surface area contributed by atoms with Crippen molar-refractivity contribution >= 4 is 5.91 Å². The molecule has 1 rings (SSSR count). The molecule has 0 saturated carbocycles. The molecule has 48 heavy (non-hydrogen) atoms. The quantitative estimate of drug-likeness (QED) is 0.0346. The number of aliphatic hydroxyl groups excluding tert-OH is 5. The fraction of sp³-hybridized carbons (Fsp3) is 0.872. The Bertz CT molecular complexity index is 807. The van der Waals surface area contributed by atoms with Crippen molar-refractivity contribution in [2.24, 2.45) is 0 Å². The Balaban J connectivity index is 2.46. The molecule has 1 amide bonds. The van der Waals surface area contributed by atoms with E-state index >= 15 is 0 Å². The van der Waals surface area contributed by atoms with Gasteiger partial charge < -0.3 is 40.3 Å². The van der Waals surface area contributed by atoms with E-state index in [0.717, 1.165) is 38.5 Å². The lowest BCUT2D eigenvalue weighted by Crippen LogP contribution is -2.60. The molecule has 6 N–H and O–H groups in total. The first-order valence-electron chi connectivity index (χ1n) is 19.6. The van der Waals surface area contributed by atoms with Crippen LogP contribution in [-0.2, 0) is 14.3 Å². The molecular formula is C39H73NO8. The monoisotopic (exact) mass is 684 g/mol. The number of carbonyl (C=O) groups excluding carboxylic acids is 1. The Morgan fingerprint density at radius 3 is 1.75 bits per heavy atom. The van der Waals surface area contributed by atoms with Gasteiger partial charge in [-0.15, -0.1) is 0 Å². The maximum atomic E-state index is 12.8. The molecule has 1 heterocycles. The molecule has 0 aromatic heterocycles. The summed E-state index contributed by atoms with van der Waals surface area (Å²) in [4.78, 5) is 12.8. The zero-order chi connectivity index (χ0) is 35.2. The molecule has 9 nitrogen and oxygen atoms in total. The van der Waals surface area contributed by atoms with Crippen LogP contribution in [0.2, 0.25) is 0 Å². The molecule has 7 atom stereocenters. The van der Waals surface area contributed by atoms with Crippen molar-refractivity contribution < 1.29 is 39.8 Å². The van der Waals surface area contributed by atoms with Gasteiger partial charge in [0.25, 0.3) is 0 Å². The van der Waals surface area contributed by atoms with Crippen molar-refractivity contribution in [3.05, 3.63) is 24.3 Å². The third-order valence-electron chi connectivity index (χ3n) is 9.28. The minimum atomic E-state index is -1.57. The molecule has 0 radical (unpaired) electrons. The summed E-state index contributed by atoms with van der Waals surface area (Å²) in [5.41, 5.74) is 0. The molecule has 1 saturated heterocycles. The number of aliphatic hydroxyl groups is 5. The van der Waals surface area contributed by atoms with Crippen LogP contribution in [0, 0.1) is 0 Å². The molecular weight excluding hydrogens is 610 g/mol. The molecule has 0 aromatic rings. The first-order valence-corrected chi connectivity index (χ1v) is 19.6. The van der Waals surface area contributed by atoms with Crippen LogP contribution in [0.3, 0.4) is 0 Å². The van der Waals surface area contributed by atoms with Crippen LogP contribution in [0.5, 0.6) is 0 Å². The summed E-state index contributed by atoms with van der Waals surface area (Å²) >= 11 is 0. The number of amides is 1. The maximum Gasteiger partial charge on any atom is 0.220 e. The fourth-order valence-electron chi connectivity index (χ4n) is 6.05. The third kappa shape index (κ3) is 21.7. The zero-order valence-electron chi connectivity index (χ0n) is 30.5. The second kappa shape index (κ2) is 30.5. The zero-order valence-corrected chi connectivity index (χ0v) is 30.5. The van der Waals surface area contributed by atoms with Crippen molar-refractivity contribution in [1.82, 2.24) is 5.32 Å². The molecule has 2 unspecified atom stereocenters. The highest BCUT2D eigenvalue weighted by Crippen LogP contribution is 2.22. The van der Waals surface area contributed by atoms with E-state index in [1.165, 1.54) is 103 Å². The summed E-state index contributed by atoms with van der Waals surface area (Å²) in [5, 5.41) is 53.8. The molecule has 1 aliphatic heterocycles. The summed E-state index contributed by atoms with van der Waals surface area (Å²) in [7, 11) is 0. The highest BCUT2D eigenvalue weighted by molar-refractivity contribution is 5.76. The summed E-state index contributed by atoms with van der Waals surface area (Å²) in [6, 6.07) is -0.813. The summed E-state index contributed by atoms with van der Waals surface area (Å²) < 4.78 is 11.1. The largest absolute Gasteiger partial charge is 0.394 e. The van der Waals surface area contributed by atoms with Gasteiger partial charge in [-0.1, -0.05) is 147 Å². The molecule has 9 heteroatoms. The van der Waals surface area contributed by atoms with E-state index in [1.54, 1.807) is 6.08 Å². The number of rotatable bonds is 31. The van der Waals surface area contributed by atoms with Crippen molar-refractivity contribution in [1.29, 1.82) is 0 Å². The number of unbranched alkanes of at least 4 members (excludes halogenated alkanes) is 19. The predicted octanol–water partition coefficient (Wildman–Crippen LogP) is 6.77. The van der Waals surface area contributed by atoms with Gasteiger partial charge in [0.1, 0.15) is 24.4 Å². The highest BCUT2D eigenvalue weighted by Gasteiger charge is 2.44. The second-order valence-electron chi connectivity index (χ2n) is 13.7. The van der Waals surface area contributed by atoms with Crippen molar-refractivity contribution in [3.63, 3.8) is 0 Å². The van der Waals surface area contributed by atoms with E-state index in [0.29, 0.717) is 6.42 Å². The van der Waals surface area contributed by atoms with Gasteiger partial charge in [-0.2, -0.15) is 0 Å². The van der Waals surface area contributed by atoms with E-state index in [-0.39, 0.29) is 12.5 Å². The van der Waals surface area contributed by atoms with Crippen LogP contribution >= 0.6 is 0 Å². The Labute approximate surface area is 292 Å².